The third-order valence-corrected chi connectivity index (χ3v) is 4.07. The minimum absolute atomic E-state index is 0. The Morgan fingerprint density at radius 1 is 1.25 bits per heavy atom. The summed E-state index contributed by atoms with van der Waals surface area (Å²) in [6.45, 7) is 1.49. The van der Waals surface area contributed by atoms with Crippen LogP contribution in [-0.2, 0) is 16.5 Å². The lowest BCUT2D eigenvalue weighted by atomic mass is 9.92. The van der Waals surface area contributed by atoms with E-state index in [-0.39, 0.29) is 23.8 Å². The molecule has 0 amide bonds. The second-order valence-electron chi connectivity index (χ2n) is 5.45. The molecular formula is C15H17ClF3N3O2. The number of alkyl halides is 3. The van der Waals surface area contributed by atoms with Crippen LogP contribution in [-0.4, -0.2) is 30.3 Å². The van der Waals surface area contributed by atoms with E-state index < -0.39 is 17.3 Å². The molecule has 0 atom stereocenters. The Morgan fingerprint density at radius 3 is 2.58 bits per heavy atom. The lowest BCUT2D eigenvalue weighted by Gasteiger charge is -2.32. The van der Waals surface area contributed by atoms with Crippen LogP contribution < -0.4 is 5.32 Å². The molecule has 0 spiro atoms. The number of nitrogens with one attached hydrogen (secondary N) is 1. The van der Waals surface area contributed by atoms with Gasteiger partial charge in [-0.2, -0.15) is 18.2 Å². The van der Waals surface area contributed by atoms with Gasteiger partial charge in [0.25, 0.3) is 5.89 Å². The molecule has 5 nitrogen and oxygen atoms in total. The molecule has 0 saturated carbocycles. The second-order valence-corrected chi connectivity index (χ2v) is 5.45. The molecule has 24 heavy (non-hydrogen) atoms. The van der Waals surface area contributed by atoms with E-state index in [1.54, 1.807) is 7.11 Å². The van der Waals surface area contributed by atoms with E-state index in [1.165, 1.54) is 12.1 Å². The normalized spacial score (nSPS) is 17.3. The van der Waals surface area contributed by atoms with E-state index in [2.05, 4.69) is 15.5 Å². The van der Waals surface area contributed by atoms with Gasteiger partial charge in [-0.25, -0.2) is 0 Å². The highest BCUT2D eigenvalue weighted by molar-refractivity contribution is 5.85. The van der Waals surface area contributed by atoms with E-state index in [1.807, 2.05) is 0 Å². The lowest BCUT2D eigenvalue weighted by molar-refractivity contribution is -0.137. The Labute approximate surface area is 143 Å². The summed E-state index contributed by atoms with van der Waals surface area (Å²) in [6, 6.07) is 4.86. The summed E-state index contributed by atoms with van der Waals surface area (Å²) in [4.78, 5) is 4.27. The van der Waals surface area contributed by atoms with Gasteiger partial charge in [0.1, 0.15) is 5.60 Å². The van der Waals surface area contributed by atoms with Crippen LogP contribution in [0.5, 0.6) is 0 Å². The van der Waals surface area contributed by atoms with Gasteiger partial charge >= 0.3 is 6.18 Å². The summed E-state index contributed by atoms with van der Waals surface area (Å²) in [6.07, 6.45) is -3.09. The van der Waals surface area contributed by atoms with E-state index in [0.29, 0.717) is 18.7 Å². The molecule has 1 aromatic carbocycles. The highest BCUT2D eigenvalue weighted by Gasteiger charge is 2.39. The summed E-state index contributed by atoms with van der Waals surface area (Å²) in [5.74, 6) is 0.426. The Hall–Kier alpha value is -1.64. The van der Waals surface area contributed by atoms with Crippen LogP contribution >= 0.6 is 12.4 Å². The standard InChI is InChI=1S/C15H16F3N3O2.ClH/c1-22-14(5-7-19-8-6-14)13-20-12(21-23-13)10-3-2-4-11(9-10)15(16,17)18;/h2-4,9,19H,5-8H2,1H3;1H. The Morgan fingerprint density at radius 2 is 1.96 bits per heavy atom. The minimum Gasteiger partial charge on any atom is -0.368 e. The minimum atomic E-state index is -4.41. The predicted octanol–water partition coefficient (Wildman–Crippen LogP) is 3.40. The van der Waals surface area contributed by atoms with Gasteiger partial charge in [-0.3, -0.25) is 0 Å². The zero-order chi connectivity index (χ0) is 16.5. The van der Waals surface area contributed by atoms with Gasteiger partial charge in [0, 0.05) is 12.7 Å². The zero-order valence-corrected chi connectivity index (χ0v) is 13.7. The number of benzene rings is 1. The van der Waals surface area contributed by atoms with Crippen LogP contribution in [0.25, 0.3) is 11.4 Å². The number of piperidine rings is 1. The number of halogens is 4. The summed E-state index contributed by atoms with van der Waals surface area (Å²) in [5.41, 5.74) is -1.17. The SMILES string of the molecule is COC1(c2nc(-c3cccc(C(F)(F)F)c3)no2)CCNCC1.Cl. The van der Waals surface area contributed by atoms with Crippen LogP contribution in [0.3, 0.4) is 0 Å². The smallest absolute Gasteiger partial charge is 0.368 e. The second kappa shape index (κ2) is 7.08. The molecule has 1 aromatic heterocycles. The van der Waals surface area contributed by atoms with E-state index in [9.17, 15) is 13.2 Å². The molecule has 0 aliphatic carbocycles. The first-order valence-electron chi connectivity index (χ1n) is 7.22. The number of nitrogens with zero attached hydrogens (tertiary/aromatic N) is 2. The lowest BCUT2D eigenvalue weighted by Crippen LogP contribution is -2.41. The molecular weight excluding hydrogens is 347 g/mol. The molecule has 2 heterocycles. The van der Waals surface area contributed by atoms with Crippen molar-refractivity contribution in [1.82, 2.24) is 15.5 Å². The molecule has 0 bridgehead atoms. The fraction of sp³-hybridized carbons (Fsp3) is 0.467. The van der Waals surface area contributed by atoms with Crippen molar-refractivity contribution in [2.75, 3.05) is 20.2 Å². The van der Waals surface area contributed by atoms with Gasteiger partial charge in [0.15, 0.2) is 0 Å². The quantitative estimate of drug-likeness (QED) is 0.905. The average molecular weight is 364 g/mol. The van der Waals surface area contributed by atoms with Crippen molar-refractivity contribution in [2.24, 2.45) is 0 Å². The molecule has 1 saturated heterocycles. The van der Waals surface area contributed by atoms with Crippen LogP contribution in [0.1, 0.15) is 24.3 Å². The van der Waals surface area contributed by atoms with Crippen molar-refractivity contribution < 1.29 is 22.4 Å². The van der Waals surface area contributed by atoms with E-state index in [0.717, 1.165) is 25.2 Å². The van der Waals surface area contributed by atoms with Crippen molar-refractivity contribution in [3.8, 4) is 11.4 Å². The molecule has 9 heteroatoms. The summed E-state index contributed by atoms with van der Waals surface area (Å²) in [7, 11) is 1.57. The number of ether oxygens (including phenoxy) is 1. The maximum absolute atomic E-state index is 12.8. The molecule has 0 radical (unpaired) electrons. The molecule has 3 rings (SSSR count). The molecule has 2 aromatic rings. The van der Waals surface area contributed by atoms with E-state index in [4.69, 9.17) is 9.26 Å². The van der Waals surface area contributed by atoms with Gasteiger partial charge in [0.05, 0.1) is 5.56 Å². The third-order valence-electron chi connectivity index (χ3n) is 4.07. The number of hydrogen-bond acceptors (Lipinski definition) is 5. The maximum Gasteiger partial charge on any atom is 0.416 e. The Kier molecular flexibility index (Phi) is 5.52. The van der Waals surface area contributed by atoms with Gasteiger partial charge in [-0.1, -0.05) is 17.3 Å². The summed E-state index contributed by atoms with van der Waals surface area (Å²) in [5, 5.41) is 7.04. The molecule has 1 aliphatic heterocycles. The van der Waals surface area contributed by atoms with Crippen LogP contribution in [0.15, 0.2) is 28.8 Å². The molecule has 1 N–H and O–H groups in total. The van der Waals surface area contributed by atoms with Gasteiger partial charge in [-0.05, 0) is 38.1 Å². The number of aromatic nitrogens is 2. The van der Waals surface area contributed by atoms with Crippen molar-refractivity contribution in [3.63, 3.8) is 0 Å². The monoisotopic (exact) mass is 363 g/mol. The van der Waals surface area contributed by atoms with Crippen molar-refractivity contribution in [3.05, 3.63) is 35.7 Å². The number of hydrogen-bond donors (Lipinski definition) is 1. The topological polar surface area (TPSA) is 60.2 Å². The largest absolute Gasteiger partial charge is 0.416 e. The fourth-order valence-electron chi connectivity index (χ4n) is 2.70. The Balaban J connectivity index is 0.00000208. The van der Waals surface area contributed by atoms with E-state index >= 15 is 0 Å². The third kappa shape index (κ3) is 3.55. The summed E-state index contributed by atoms with van der Waals surface area (Å²) < 4.78 is 49.3. The van der Waals surface area contributed by atoms with Gasteiger partial charge in [0.2, 0.25) is 5.82 Å². The van der Waals surface area contributed by atoms with Crippen molar-refractivity contribution in [1.29, 1.82) is 0 Å². The van der Waals surface area contributed by atoms with Crippen LogP contribution in [0.4, 0.5) is 13.2 Å². The molecule has 0 unspecified atom stereocenters. The maximum atomic E-state index is 12.8. The van der Waals surface area contributed by atoms with Crippen molar-refractivity contribution in [2.45, 2.75) is 24.6 Å². The van der Waals surface area contributed by atoms with Crippen molar-refractivity contribution >= 4 is 12.4 Å². The van der Waals surface area contributed by atoms with Crippen LogP contribution in [0, 0.1) is 0 Å². The highest BCUT2D eigenvalue weighted by atomic mass is 35.5. The number of methoxy groups -OCH3 is 1. The first kappa shape index (κ1) is 18.7. The zero-order valence-electron chi connectivity index (χ0n) is 12.9. The summed E-state index contributed by atoms with van der Waals surface area (Å²) >= 11 is 0. The first-order valence-corrected chi connectivity index (χ1v) is 7.22. The molecule has 1 aliphatic rings. The number of rotatable bonds is 3. The van der Waals surface area contributed by atoms with Gasteiger partial charge < -0.3 is 14.6 Å². The van der Waals surface area contributed by atoms with Crippen LogP contribution in [0.2, 0.25) is 0 Å². The van der Waals surface area contributed by atoms with Gasteiger partial charge in [-0.15, -0.1) is 12.4 Å². The first-order chi connectivity index (χ1) is 10.9. The highest BCUT2D eigenvalue weighted by Crippen LogP contribution is 2.35. The molecule has 1 fully saturated rings. The predicted molar refractivity (Wildman–Crippen MR) is 82.8 cm³/mol. The molecule has 132 valence electrons. The average Bonchev–Trinajstić information content (AvgIpc) is 3.05. The Bertz CT molecular complexity index is 685. The fourth-order valence-corrected chi connectivity index (χ4v) is 2.70.